The predicted octanol–water partition coefficient (Wildman–Crippen LogP) is 2.44. The number of amides is 4. The van der Waals surface area contributed by atoms with Gasteiger partial charge in [-0.1, -0.05) is 12.1 Å². The Morgan fingerprint density at radius 3 is 2.39 bits per heavy atom. The third-order valence-corrected chi connectivity index (χ3v) is 5.27. The van der Waals surface area contributed by atoms with Crippen molar-refractivity contribution in [3.63, 3.8) is 0 Å². The van der Waals surface area contributed by atoms with Gasteiger partial charge in [0.25, 0.3) is 0 Å². The van der Waals surface area contributed by atoms with Crippen LogP contribution in [0.3, 0.4) is 0 Å². The van der Waals surface area contributed by atoms with Gasteiger partial charge in [-0.05, 0) is 55.8 Å². The molecule has 9 heteroatoms. The minimum atomic E-state index is -0.477. The van der Waals surface area contributed by atoms with Crippen LogP contribution in [0.2, 0.25) is 0 Å². The Morgan fingerprint density at radius 2 is 1.73 bits per heavy atom. The minimum Gasteiger partial charge on any atom is -0.378 e. The van der Waals surface area contributed by atoms with Crippen molar-refractivity contribution >= 4 is 34.9 Å². The summed E-state index contributed by atoms with van der Waals surface area (Å²) < 4.78 is 5.37. The van der Waals surface area contributed by atoms with Crippen LogP contribution >= 0.6 is 0 Å². The fraction of sp³-hybridized carbons (Fsp3) is 0.375. The van der Waals surface area contributed by atoms with Gasteiger partial charge < -0.3 is 30.5 Å². The zero-order valence-electron chi connectivity index (χ0n) is 19.1. The zero-order chi connectivity index (χ0) is 23.6. The first-order chi connectivity index (χ1) is 15.9. The molecule has 33 heavy (non-hydrogen) atoms. The topological polar surface area (TPSA) is 103 Å². The van der Waals surface area contributed by atoms with Crippen LogP contribution in [0.15, 0.2) is 48.5 Å². The first kappa shape index (κ1) is 24.1. The van der Waals surface area contributed by atoms with E-state index in [9.17, 15) is 14.4 Å². The standard InChI is InChI=1S/C24H31N5O4/c1-3-28(23(31)16-25-24(32)27-20-6-4-5-18(2)15-20)17-22(30)26-19-7-9-21(10-8-19)29-11-13-33-14-12-29/h4-10,15H,3,11-14,16-17H2,1-2H3,(H,26,30)(H2,25,27,32). The summed E-state index contributed by atoms with van der Waals surface area (Å²) in [7, 11) is 0. The first-order valence-electron chi connectivity index (χ1n) is 11.1. The SMILES string of the molecule is CCN(CC(=O)Nc1ccc(N2CCOCC2)cc1)C(=O)CNC(=O)Nc1cccc(C)c1. The molecule has 1 aliphatic heterocycles. The number of aryl methyl sites for hydroxylation is 1. The van der Waals surface area contributed by atoms with Crippen molar-refractivity contribution in [1.82, 2.24) is 10.2 Å². The summed E-state index contributed by atoms with van der Waals surface area (Å²) in [6.45, 7) is 6.87. The summed E-state index contributed by atoms with van der Waals surface area (Å²) in [5.74, 6) is -0.636. The van der Waals surface area contributed by atoms with E-state index in [0.29, 0.717) is 31.1 Å². The second-order valence-electron chi connectivity index (χ2n) is 7.78. The summed E-state index contributed by atoms with van der Waals surface area (Å²) in [5.41, 5.74) is 3.40. The second-order valence-corrected chi connectivity index (χ2v) is 7.78. The van der Waals surface area contributed by atoms with Gasteiger partial charge in [0.1, 0.15) is 0 Å². The fourth-order valence-electron chi connectivity index (χ4n) is 3.49. The van der Waals surface area contributed by atoms with Crippen molar-refractivity contribution in [3.8, 4) is 0 Å². The normalized spacial score (nSPS) is 13.2. The van der Waals surface area contributed by atoms with E-state index in [1.54, 1.807) is 13.0 Å². The molecular weight excluding hydrogens is 422 g/mol. The number of carbonyl (C=O) groups is 3. The van der Waals surface area contributed by atoms with Gasteiger partial charge in [-0.3, -0.25) is 9.59 Å². The van der Waals surface area contributed by atoms with Gasteiger partial charge in [0.15, 0.2) is 0 Å². The number of nitrogens with one attached hydrogen (secondary N) is 3. The quantitative estimate of drug-likeness (QED) is 0.570. The molecule has 0 aliphatic carbocycles. The molecule has 1 aliphatic rings. The van der Waals surface area contributed by atoms with Gasteiger partial charge in [-0.15, -0.1) is 0 Å². The number of likely N-dealkylation sites (N-methyl/N-ethyl adjacent to an activating group) is 1. The van der Waals surface area contributed by atoms with Gasteiger partial charge in [-0.25, -0.2) is 4.79 Å². The van der Waals surface area contributed by atoms with Crippen LogP contribution in [-0.2, 0) is 14.3 Å². The summed E-state index contributed by atoms with van der Waals surface area (Å²) in [5, 5.41) is 8.04. The Labute approximate surface area is 194 Å². The third kappa shape index (κ3) is 7.50. The van der Waals surface area contributed by atoms with E-state index in [-0.39, 0.29) is 24.9 Å². The molecule has 9 nitrogen and oxygen atoms in total. The largest absolute Gasteiger partial charge is 0.378 e. The maximum atomic E-state index is 12.5. The van der Waals surface area contributed by atoms with Crippen LogP contribution in [-0.4, -0.2) is 68.7 Å². The lowest BCUT2D eigenvalue weighted by Crippen LogP contribution is -2.44. The van der Waals surface area contributed by atoms with Crippen LogP contribution in [0.1, 0.15) is 12.5 Å². The van der Waals surface area contributed by atoms with Crippen LogP contribution in [0.4, 0.5) is 21.9 Å². The van der Waals surface area contributed by atoms with E-state index >= 15 is 0 Å². The van der Waals surface area contributed by atoms with E-state index in [1.165, 1.54) is 4.90 Å². The number of hydrogen-bond acceptors (Lipinski definition) is 5. The highest BCUT2D eigenvalue weighted by Gasteiger charge is 2.17. The molecule has 0 unspecified atom stereocenters. The van der Waals surface area contributed by atoms with Gasteiger partial charge in [0.2, 0.25) is 11.8 Å². The number of rotatable bonds is 8. The highest BCUT2D eigenvalue weighted by Crippen LogP contribution is 2.19. The lowest BCUT2D eigenvalue weighted by atomic mass is 10.2. The third-order valence-electron chi connectivity index (χ3n) is 5.27. The fourth-order valence-corrected chi connectivity index (χ4v) is 3.49. The summed E-state index contributed by atoms with van der Waals surface area (Å²) >= 11 is 0. The Balaban J connectivity index is 1.44. The predicted molar refractivity (Wildman–Crippen MR) is 129 cm³/mol. The average Bonchev–Trinajstić information content (AvgIpc) is 2.82. The van der Waals surface area contributed by atoms with Crippen LogP contribution < -0.4 is 20.9 Å². The number of morpholine rings is 1. The zero-order valence-corrected chi connectivity index (χ0v) is 19.1. The summed E-state index contributed by atoms with van der Waals surface area (Å²) in [4.78, 5) is 40.6. The number of anilines is 3. The molecule has 4 amide bonds. The van der Waals surface area contributed by atoms with E-state index < -0.39 is 6.03 Å². The van der Waals surface area contributed by atoms with Gasteiger partial charge in [0, 0.05) is 36.7 Å². The van der Waals surface area contributed by atoms with Gasteiger partial charge in [-0.2, -0.15) is 0 Å². The molecule has 3 N–H and O–H groups in total. The van der Waals surface area contributed by atoms with Crippen molar-refractivity contribution in [3.05, 3.63) is 54.1 Å². The van der Waals surface area contributed by atoms with E-state index in [0.717, 1.165) is 24.3 Å². The number of hydrogen-bond donors (Lipinski definition) is 3. The molecule has 1 fully saturated rings. The smallest absolute Gasteiger partial charge is 0.319 e. The maximum Gasteiger partial charge on any atom is 0.319 e. The van der Waals surface area contributed by atoms with Crippen molar-refractivity contribution in [2.24, 2.45) is 0 Å². The highest BCUT2D eigenvalue weighted by molar-refractivity contribution is 5.96. The molecule has 176 valence electrons. The maximum absolute atomic E-state index is 12.5. The number of nitrogens with zero attached hydrogens (tertiary/aromatic N) is 2. The van der Waals surface area contributed by atoms with E-state index in [2.05, 4.69) is 20.9 Å². The van der Waals surface area contributed by atoms with E-state index in [1.807, 2.05) is 49.4 Å². The van der Waals surface area contributed by atoms with Crippen LogP contribution in [0.5, 0.6) is 0 Å². The van der Waals surface area contributed by atoms with E-state index in [4.69, 9.17) is 4.74 Å². The molecular formula is C24H31N5O4. The lowest BCUT2D eigenvalue weighted by Gasteiger charge is -2.29. The average molecular weight is 454 g/mol. The Morgan fingerprint density at radius 1 is 1.00 bits per heavy atom. The molecule has 0 radical (unpaired) electrons. The molecule has 1 heterocycles. The summed E-state index contributed by atoms with van der Waals surface area (Å²) in [6.07, 6.45) is 0. The van der Waals surface area contributed by atoms with Crippen molar-refractivity contribution in [1.29, 1.82) is 0 Å². The number of ether oxygens (including phenoxy) is 1. The lowest BCUT2D eigenvalue weighted by molar-refractivity contribution is -0.133. The Bertz CT molecular complexity index is 958. The molecule has 0 bridgehead atoms. The second kappa shape index (κ2) is 11.9. The van der Waals surface area contributed by atoms with Crippen LogP contribution in [0.25, 0.3) is 0 Å². The minimum absolute atomic E-state index is 0.0955. The van der Waals surface area contributed by atoms with Crippen molar-refractivity contribution in [2.45, 2.75) is 13.8 Å². The number of benzene rings is 2. The van der Waals surface area contributed by atoms with Crippen molar-refractivity contribution in [2.75, 3.05) is 61.5 Å². The molecule has 2 aromatic carbocycles. The summed E-state index contributed by atoms with van der Waals surface area (Å²) in [6, 6.07) is 14.5. The Kier molecular flexibility index (Phi) is 8.65. The molecule has 0 aromatic heterocycles. The number of carbonyl (C=O) groups excluding carboxylic acids is 3. The van der Waals surface area contributed by atoms with Gasteiger partial charge in [0.05, 0.1) is 26.3 Å². The first-order valence-corrected chi connectivity index (χ1v) is 11.1. The molecule has 0 saturated carbocycles. The molecule has 3 rings (SSSR count). The van der Waals surface area contributed by atoms with Crippen LogP contribution in [0, 0.1) is 6.92 Å². The molecule has 2 aromatic rings. The molecule has 1 saturated heterocycles. The van der Waals surface area contributed by atoms with Gasteiger partial charge >= 0.3 is 6.03 Å². The van der Waals surface area contributed by atoms with Crippen molar-refractivity contribution < 1.29 is 19.1 Å². The molecule has 0 spiro atoms. The number of urea groups is 1. The molecule has 0 atom stereocenters. The Hall–Kier alpha value is -3.59. The monoisotopic (exact) mass is 453 g/mol. The highest BCUT2D eigenvalue weighted by atomic mass is 16.5.